The maximum Gasteiger partial charge on any atom is 0.265 e. The largest absolute Gasteiger partial charge is 0.481 e. The van der Waals surface area contributed by atoms with Crippen LogP contribution in [-0.2, 0) is 11.2 Å². The quantitative estimate of drug-likeness (QED) is 0.808. The molecule has 1 atom stereocenters. The van der Waals surface area contributed by atoms with Crippen LogP contribution in [0.2, 0.25) is 5.02 Å². The van der Waals surface area contributed by atoms with E-state index in [4.69, 9.17) is 16.3 Å². The van der Waals surface area contributed by atoms with Crippen LogP contribution in [0.3, 0.4) is 0 Å². The van der Waals surface area contributed by atoms with Gasteiger partial charge in [0.1, 0.15) is 5.75 Å². The Morgan fingerprint density at radius 2 is 1.87 bits per heavy atom. The third-order valence-electron chi connectivity index (χ3n) is 3.73. The molecule has 2 aromatic rings. The molecule has 4 heteroatoms. The lowest BCUT2D eigenvalue weighted by atomic mass is 10.1. The number of nitrogens with one attached hydrogen (secondary N) is 1. The smallest absolute Gasteiger partial charge is 0.265 e. The maximum absolute atomic E-state index is 12.5. The minimum Gasteiger partial charge on any atom is -0.481 e. The second kappa shape index (κ2) is 8.02. The van der Waals surface area contributed by atoms with E-state index in [1.807, 2.05) is 44.2 Å². The number of carbonyl (C=O) groups excluding carboxylic acids is 1. The molecule has 2 aromatic carbocycles. The predicted molar refractivity (Wildman–Crippen MR) is 95.3 cm³/mol. The zero-order chi connectivity index (χ0) is 16.8. The number of aryl methyl sites for hydroxylation is 2. The topological polar surface area (TPSA) is 38.3 Å². The van der Waals surface area contributed by atoms with Crippen molar-refractivity contribution in [2.75, 3.05) is 5.32 Å². The summed E-state index contributed by atoms with van der Waals surface area (Å²) < 4.78 is 5.82. The zero-order valence-electron chi connectivity index (χ0n) is 13.7. The van der Waals surface area contributed by atoms with E-state index in [0.717, 1.165) is 12.0 Å². The van der Waals surface area contributed by atoms with Crippen molar-refractivity contribution in [2.45, 2.75) is 39.7 Å². The minimum atomic E-state index is -0.541. The van der Waals surface area contributed by atoms with Crippen LogP contribution in [0.25, 0.3) is 0 Å². The first kappa shape index (κ1) is 17.4. The average Bonchev–Trinajstić information content (AvgIpc) is 2.56. The Labute approximate surface area is 142 Å². The van der Waals surface area contributed by atoms with Crippen LogP contribution < -0.4 is 10.1 Å². The molecule has 0 saturated heterocycles. The summed E-state index contributed by atoms with van der Waals surface area (Å²) in [7, 11) is 0. The third kappa shape index (κ3) is 4.73. The van der Waals surface area contributed by atoms with Crippen LogP contribution in [0.5, 0.6) is 5.75 Å². The van der Waals surface area contributed by atoms with E-state index in [0.29, 0.717) is 22.9 Å². The van der Waals surface area contributed by atoms with Gasteiger partial charge in [0.2, 0.25) is 0 Å². The highest BCUT2D eigenvalue weighted by Gasteiger charge is 2.19. The Balaban J connectivity index is 2.07. The van der Waals surface area contributed by atoms with E-state index in [1.165, 1.54) is 5.56 Å². The SMILES string of the molecule is CCc1ccc(O[C@@H](CC)C(=O)Nc2cc(Cl)ccc2C)cc1. The van der Waals surface area contributed by atoms with Gasteiger partial charge >= 0.3 is 0 Å². The molecule has 23 heavy (non-hydrogen) atoms. The van der Waals surface area contributed by atoms with Gasteiger partial charge in [0.05, 0.1) is 0 Å². The summed E-state index contributed by atoms with van der Waals surface area (Å²) in [5.74, 6) is 0.532. The molecule has 1 amide bonds. The lowest BCUT2D eigenvalue weighted by Gasteiger charge is -2.18. The van der Waals surface area contributed by atoms with Gasteiger partial charge in [-0.2, -0.15) is 0 Å². The van der Waals surface area contributed by atoms with Gasteiger partial charge in [-0.05, 0) is 55.2 Å². The summed E-state index contributed by atoms with van der Waals surface area (Å²) in [6, 6.07) is 13.3. The Morgan fingerprint density at radius 3 is 2.48 bits per heavy atom. The van der Waals surface area contributed by atoms with E-state index in [-0.39, 0.29) is 5.91 Å². The molecular weight excluding hydrogens is 310 g/mol. The number of rotatable bonds is 6. The maximum atomic E-state index is 12.5. The van der Waals surface area contributed by atoms with Crippen molar-refractivity contribution in [1.82, 2.24) is 0 Å². The first-order chi connectivity index (χ1) is 11.0. The zero-order valence-corrected chi connectivity index (χ0v) is 14.5. The fourth-order valence-corrected chi connectivity index (χ4v) is 2.40. The van der Waals surface area contributed by atoms with Gasteiger partial charge in [0, 0.05) is 10.7 Å². The van der Waals surface area contributed by atoms with Gasteiger partial charge in [0.15, 0.2) is 6.10 Å². The molecule has 0 radical (unpaired) electrons. The molecule has 0 spiro atoms. The lowest BCUT2D eigenvalue weighted by molar-refractivity contribution is -0.122. The van der Waals surface area contributed by atoms with Crippen molar-refractivity contribution < 1.29 is 9.53 Å². The van der Waals surface area contributed by atoms with E-state index in [9.17, 15) is 4.79 Å². The Morgan fingerprint density at radius 1 is 1.17 bits per heavy atom. The van der Waals surface area contributed by atoms with Gasteiger partial charge < -0.3 is 10.1 Å². The van der Waals surface area contributed by atoms with Crippen molar-refractivity contribution in [3.05, 3.63) is 58.6 Å². The van der Waals surface area contributed by atoms with Crippen LogP contribution in [0.1, 0.15) is 31.4 Å². The van der Waals surface area contributed by atoms with Gasteiger partial charge in [0.25, 0.3) is 5.91 Å². The van der Waals surface area contributed by atoms with Crippen LogP contribution in [-0.4, -0.2) is 12.0 Å². The molecular formula is C19H22ClNO2. The minimum absolute atomic E-state index is 0.169. The Hall–Kier alpha value is -2.00. The summed E-state index contributed by atoms with van der Waals surface area (Å²) in [6.45, 7) is 5.96. The van der Waals surface area contributed by atoms with Crippen LogP contribution in [0.15, 0.2) is 42.5 Å². The first-order valence-corrected chi connectivity index (χ1v) is 8.23. The normalized spacial score (nSPS) is 11.8. The highest BCUT2D eigenvalue weighted by atomic mass is 35.5. The van der Waals surface area contributed by atoms with Crippen molar-refractivity contribution in [1.29, 1.82) is 0 Å². The lowest BCUT2D eigenvalue weighted by Crippen LogP contribution is -2.32. The molecule has 0 heterocycles. The predicted octanol–water partition coefficient (Wildman–Crippen LogP) is 5.01. The third-order valence-corrected chi connectivity index (χ3v) is 3.97. The molecule has 122 valence electrons. The van der Waals surface area contributed by atoms with Crippen molar-refractivity contribution in [2.24, 2.45) is 0 Å². The molecule has 0 aliphatic heterocycles. The molecule has 3 nitrogen and oxygen atoms in total. The van der Waals surface area contributed by atoms with Gasteiger partial charge in [-0.1, -0.05) is 43.6 Å². The molecule has 0 aromatic heterocycles. The summed E-state index contributed by atoms with van der Waals surface area (Å²) in [6.07, 6.45) is 1.02. The summed E-state index contributed by atoms with van der Waals surface area (Å²) in [5.41, 5.74) is 2.92. The number of carbonyl (C=O) groups is 1. The number of ether oxygens (including phenoxy) is 1. The second-order valence-corrected chi connectivity index (χ2v) is 5.90. The molecule has 2 rings (SSSR count). The van der Waals surface area contributed by atoms with E-state index < -0.39 is 6.10 Å². The fourth-order valence-electron chi connectivity index (χ4n) is 2.23. The van der Waals surface area contributed by atoms with Gasteiger partial charge in [-0.25, -0.2) is 0 Å². The molecule has 0 saturated carbocycles. The number of benzene rings is 2. The second-order valence-electron chi connectivity index (χ2n) is 5.46. The molecule has 1 N–H and O–H groups in total. The average molecular weight is 332 g/mol. The van der Waals surface area contributed by atoms with Crippen molar-refractivity contribution >= 4 is 23.2 Å². The molecule has 0 bridgehead atoms. The molecule has 0 fully saturated rings. The van der Waals surface area contributed by atoms with E-state index in [2.05, 4.69) is 12.2 Å². The highest BCUT2D eigenvalue weighted by molar-refractivity contribution is 6.31. The van der Waals surface area contributed by atoms with Crippen molar-refractivity contribution in [3.63, 3.8) is 0 Å². The van der Waals surface area contributed by atoms with Crippen molar-refractivity contribution in [3.8, 4) is 5.75 Å². The molecule has 0 aliphatic carbocycles. The monoisotopic (exact) mass is 331 g/mol. The van der Waals surface area contributed by atoms with E-state index >= 15 is 0 Å². The van der Waals surface area contributed by atoms with Gasteiger partial charge in [-0.15, -0.1) is 0 Å². The number of amides is 1. The van der Waals surface area contributed by atoms with Crippen LogP contribution in [0.4, 0.5) is 5.69 Å². The molecule has 0 unspecified atom stereocenters. The Bertz CT molecular complexity index is 668. The van der Waals surface area contributed by atoms with Gasteiger partial charge in [-0.3, -0.25) is 4.79 Å². The van der Waals surface area contributed by atoms with E-state index in [1.54, 1.807) is 12.1 Å². The number of halogens is 1. The summed E-state index contributed by atoms with van der Waals surface area (Å²) in [4.78, 5) is 12.5. The summed E-state index contributed by atoms with van der Waals surface area (Å²) in [5, 5.41) is 3.49. The summed E-state index contributed by atoms with van der Waals surface area (Å²) >= 11 is 5.99. The standard InChI is InChI=1S/C19H22ClNO2/c1-4-14-7-10-16(11-8-14)23-18(5-2)19(22)21-17-12-15(20)9-6-13(17)3/h6-12,18H,4-5H2,1-3H3,(H,21,22)/t18-/m0/s1. The first-order valence-electron chi connectivity index (χ1n) is 7.86. The number of hydrogen-bond acceptors (Lipinski definition) is 2. The number of anilines is 1. The Kier molecular flexibility index (Phi) is 6.05. The van der Waals surface area contributed by atoms with Crippen LogP contribution in [0, 0.1) is 6.92 Å². The highest BCUT2D eigenvalue weighted by Crippen LogP contribution is 2.21. The molecule has 0 aliphatic rings. The van der Waals surface area contributed by atoms with Crippen LogP contribution >= 0.6 is 11.6 Å². The fraction of sp³-hybridized carbons (Fsp3) is 0.316. The number of hydrogen-bond donors (Lipinski definition) is 1.